The fraction of sp³-hybridized carbons (Fsp3) is 0.440. The summed E-state index contributed by atoms with van der Waals surface area (Å²) in [5.74, 6) is 1.79. The van der Waals surface area contributed by atoms with Crippen molar-refractivity contribution >= 4 is 11.8 Å². The number of benzene rings is 2. The maximum atomic E-state index is 13.0. The van der Waals surface area contributed by atoms with E-state index < -0.39 is 0 Å². The Hall–Kier alpha value is -2.90. The van der Waals surface area contributed by atoms with Gasteiger partial charge in [-0.25, -0.2) is 0 Å². The number of hydrogen-bond donors (Lipinski definition) is 2. The largest absolute Gasteiger partial charge is 0.457 e. The van der Waals surface area contributed by atoms with Gasteiger partial charge in [-0.15, -0.1) is 0 Å². The van der Waals surface area contributed by atoms with Crippen LogP contribution in [-0.2, 0) is 4.79 Å². The number of nitrogens with zero attached hydrogens (tertiary/aromatic N) is 2. The molecule has 0 spiro atoms. The van der Waals surface area contributed by atoms with E-state index in [4.69, 9.17) is 4.74 Å². The van der Waals surface area contributed by atoms with Gasteiger partial charge in [0.2, 0.25) is 5.91 Å². The van der Waals surface area contributed by atoms with Gasteiger partial charge in [0.25, 0.3) is 5.91 Å². The molecule has 2 N–H and O–H groups in total. The topological polar surface area (TPSA) is 73.9 Å². The van der Waals surface area contributed by atoms with Gasteiger partial charge < -0.3 is 15.0 Å². The lowest BCUT2D eigenvalue weighted by Crippen LogP contribution is -2.69. The SMILES string of the molecule is O=C1NC(N2CCN(C(=O)c3ccc(Oc4ccccc4)cc3)CC2)NC2CCCCC12. The van der Waals surface area contributed by atoms with Crippen molar-refractivity contribution in [2.24, 2.45) is 5.92 Å². The Bertz CT molecular complexity index is 941. The molecule has 2 aromatic rings. The molecule has 2 saturated heterocycles. The van der Waals surface area contributed by atoms with Crippen LogP contribution in [0, 0.1) is 5.92 Å². The van der Waals surface area contributed by atoms with E-state index in [9.17, 15) is 9.59 Å². The van der Waals surface area contributed by atoms with Gasteiger partial charge in [0, 0.05) is 37.8 Å². The van der Waals surface area contributed by atoms with E-state index in [0.717, 1.165) is 38.1 Å². The zero-order valence-corrected chi connectivity index (χ0v) is 18.2. The van der Waals surface area contributed by atoms with Gasteiger partial charge in [-0.1, -0.05) is 31.0 Å². The average Bonchev–Trinajstić information content (AvgIpc) is 2.85. The second-order valence-electron chi connectivity index (χ2n) is 8.84. The van der Waals surface area contributed by atoms with Gasteiger partial charge in [-0.3, -0.25) is 19.8 Å². The molecule has 3 atom stereocenters. The summed E-state index contributed by atoms with van der Waals surface area (Å²) in [5, 5.41) is 6.78. The summed E-state index contributed by atoms with van der Waals surface area (Å²) in [4.78, 5) is 29.6. The molecule has 7 nitrogen and oxygen atoms in total. The summed E-state index contributed by atoms with van der Waals surface area (Å²) >= 11 is 0. The second kappa shape index (κ2) is 9.30. The van der Waals surface area contributed by atoms with E-state index in [1.807, 2.05) is 59.5 Å². The van der Waals surface area contributed by atoms with Gasteiger partial charge in [0.05, 0.1) is 5.92 Å². The molecule has 168 valence electrons. The van der Waals surface area contributed by atoms with Crippen LogP contribution in [0.3, 0.4) is 0 Å². The highest BCUT2D eigenvalue weighted by molar-refractivity contribution is 5.94. The van der Waals surface area contributed by atoms with Crippen LogP contribution in [0.5, 0.6) is 11.5 Å². The number of carbonyl (C=O) groups excluding carboxylic acids is 2. The van der Waals surface area contributed by atoms with Gasteiger partial charge >= 0.3 is 0 Å². The molecular formula is C25H30N4O3. The number of para-hydroxylation sites is 1. The molecule has 0 radical (unpaired) electrons. The third kappa shape index (κ3) is 4.49. The fourth-order valence-electron chi connectivity index (χ4n) is 4.98. The van der Waals surface area contributed by atoms with E-state index in [-0.39, 0.29) is 30.1 Å². The van der Waals surface area contributed by atoms with Crippen molar-refractivity contribution in [3.05, 3.63) is 60.2 Å². The van der Waals surface area contributed by atoms with E-state index >= 15 is 0 Å². The predicted octanol–water partition coefficient (Wildman–Crippen LogP) is 2.80. The quantitative estimate of drug-likeness (QED) is 0.774. The molecule has 0 bridgehead atoms. The molecule has 2 aromatic carbocycles. The number of fused-ring (bicyclic) bond motifs is 1. The molecule has 2 aliphatic heterocycles. The van der Waals surface area contributed by atoms with E-state index in [2.05, 4.69) is 15.5 Å². The molecular weight excluding hydrogens is 404 g/mol. The summed E-state index contributed by atoms with van der Waals surface area (Å²) in [5.41, 5.74) is 0.660. The number of amides is 2. The highest BCUT2D eigenvalue weighted by Gasteiger charge is 2.39. The monoisotopic (exact) mass is 434 g/mol. The molecule has 3 unspecified atom stereocenters. The Morgan fingerprint density at radius 2 is 1.56 bits per heavy atom. The predicted molar refractivity (Wildman–Crippen MR) is 121 cm³/mol. The summed E-state index contributed by atoms with van der Waals surface area (Å²) in [6.45, 7) is 2.75. The first-order chi connectivity index (χ1) is 15.7. The van der Waals surface area contributed by atoms with Crippen molar-refractivity contribution < 1.29 is 14.3 Å². The minimum Gasteiger partial charge on any atom is -0.457 e. The lowest BCUT2D eigenvalue weighted by molar-refractivity contribution is -0.134. The van der Waals surface area contributed by atoms with Crippen molar-refractivity contribution in [1.29, 1.82) is 0 Å². The van der Waals surface area contributed by atoms with Crippen molar-refractivity contribution in [2.45, 2.75) is 38.0 Å². The number of ether oxygens (including phenoxy) is 1. The second-order valence-corrected chi connectivity index (χ2v) is 8.84. The Morgan fingerprint density at radius 1 is 0.875 bits per heavy atom. The first-order valence-electron chi connectivity index (χ1n) is 11.6. The number of hydrogen-bond acceptors (Lipinski definition) is 5. The normalized spacial score (nSPS) is 26.2. The summed E-state index contributed by atoms with van der Waals surface area (Å²) < 4.78 is 5.81. The highest BCUT2D eigenvalue weighted by atomic mass is 16.5. The zero-order valence-electron chi connectivity index (χ0n) is 18.2. The van der Waals surface area contributed by atoms with E-state index in [1.165, 1.54) is 6.42 Å². The van der Waals surface area contributed by atoms with Crippen LogP contribution >= 0.6 is 0 Å². The number of rotatable bonds is 4. The summed E-state index contributed by atoms with van der Waals surface area (Å²) in [6, 6.07) is 17.2. The standard InChI is InChI=1S/C25H30N4O3/c30-23-21-8-4-5-9-22(21)26-25(27-23)29-16-14-28(15-17-29)24(31)18-10-12-20(13-11-18)32-19-6-2-1-3-7-19/h1-3,6-7,10-13,21-22,25-26H,4-5,8-9,14-17H2,(H,27,30). The molecule has 1 aliphatic carbocycles. The lowest BCUT2D eigenvalue weighted by Gasteiger charge is -2.46. The van der Waals surface area contributed by atoms with Crippen LogP contribution in [0.15, 0.2) is 54.6 Å². The Labute approximate surface area is 188 Å². The van der Waals surface area contributed by atoms with Crippen LogP contribution in [0.25, 0.3) is 0 Å². The van der Waals surface area contributed by atoms with E-state index in [1.54, 1.807) is 0 Å². The number of carbonyl (C=O) groups is 2. The van der Waals surface area contributed by atoms with Gasteiger partial charge in [-0.05, 0) is 49.2 Å². The molecule has 0 aromatic heterocycles. The van der Waals surface area contributed by atoms with Crippen LogP contribution in [0.1, 0.15) is 36.0 Å². The maximum absolute atomic E-state index is 13.0. The fourth-order valence-corrected chi connectivity index (χ4v) is 4.98. The Kier molecular flexibility index (Phi) is 6.10. The zero-order chi connectivity index (χ0) is 21.9. The molecule has 5 rings (SSSR count). The van der Waals surface area contributed by atoms with Crippen LogP contribution in [0.4, 0.5) is 0 Å². The molecule has 2 amide bonds. The average molecular weight is 435 g/mol. The summed E-state index contributed by atoms with van der Waals surface area (Å²) in [6.07, 6.45) is 4.24. The minimum atomic E-state index is -0.131. The smallest absolute Gasteiger partial charge is 0.253 e. The first kappa shape index (κ1) is 21.0. The lowest BCUT2D eigenvalue weighted by atomic mass is 9.82. The number of nitrogens with one attached hydrogen (secondary N) is 2. The van der Waals surface area contributed by atoms with Crippen LogP contribution in [-0.4, -0.2) is 60.1 Å². The third-order valence-corrected chi connectivity index (χ3v) is 6.80. The minimum absolute atomic E-state index is 0.0314. The molecule has 7 heteroatoms. The van der Waals surface area contributed by atoms with Gasteiger partial charge in [0.15, 0.2) is 0 Å². The molecule has 3 fully saturated rings. The summed E-state index contributed by atoms with van der Waals surface area (Å²) in [7, 11) is 0. The van der Waals surface area contributed by atoms with Gasteiger partial charge in [-0.2, -0.15) is 0 Å². The molecule has 3 aliphatic rings. The molecule has 2 heterocycles. The van der Waals surface area contributed by atoms with Crippen molar-refractivity contribution in [3.8, 4) is 11.5 Å². The van der Waals surface area contributed by atoms with Gasteiger partial charge in [0.1, 0.15) is 17.8 Å². The van der Waals surface area contributed by atoms with E-state index in [0.29, 0.717) is 24.4 Å². The third-order valence-electron chi connectivity index (χ3n) is 6.80. The maximum Gasteiger partial charge on any atom is 0.253 e. The van der Waals surface area contributed by atoms with Crippen LogP contribution in [0.2, 0.25) is 0 Å². The van der Waals surface area contributed by atoms with Crippen molar-refractivity contribution in [3.63, 3.8) is 0 Å². The van der Waals surface area contributed by atoms with Crippen molar-refractivity contribution in [1.82, 2.24) is 20.4 Å². The molecule has 32 heavy (non-hydrogen) atoms. The number of piperazine rings is 1. The Morgan fingerprint density at radius 3 is 2.31 bits per heavy atom. The highest BCUT2D eigenvalue weighted by Crippen LogP contribution is 2.28. The molecule has 1 saturated carbocycles. The Balaban J connectivity index is 1.15. The van der Waals surface area contributed by atoms with Crippen molar-refractivity contribution in [2.75, 3.05) is 26.2 Å². The first-order valence-corrected chi connectivity index (χ1v) is 11.6. The van der Waals surface area contributed by atoms with Crippen LogP contribution < -0.4 is 15.4 Å².